The van der Waals surface area contributed by atoms with Gasteiger partial charge in [-0.1, -0.05) is 80.2 Å². The van der Waals surface area contributed by atoms with E-state index >= 15 is 0 Å². The van der Waals surface area contributed by atoms with Crippen LogP contribution < -0.4 is 21.3 Å². The number of benzene rings is 3. The monoisotopic (exact) mass is 526 g/mol. The van der Waals surface area contributed by atoms with Crippen LogP contribution in [-0.4, -0.2) is 29.8 Å². The highest BCUT2D eigenvalue weighted by Gasteiger charge is 2.17. The van der Waals surface area contributed by atoms with Crippen LogP contribution in [0.25, 0.3) is 10.8 Å². The summed E-state index contributed by atoms with van der Waals surface area (Å²) >= 11 is 0. The van der Waals surface area contributed by atoms with Crippen molar-refractivity contribution in [3.05, 3.63) is 108 Å². The summed E-state index contributed by atoms with van der Waals surface area (Å²) < 4.78 is 0. The van der Waals surface area contributed by atoms with Crippen molar-refractivity contribution in [1.82, 2.24) is 21.3 Å². The van der Waals surface area contributed by atoms with Crippen molar-refractivity contribution in [2.45, 2.75) is 52.2 Å². The first-order valence-electron chi connectivity index (χ1n) is 13.2. The fourth-order valence-electron chi connectivity index (χ4n) is 4.05. The average Bonchev–Trinajstić information content (AvgIpc) is 2.93. The Labute approximate surface area is 230 Å². The highest BCUT2D eigenvalue weighted by atomic mass is 16.2. The lowest BCUT2D eigenvalue weighted by molar-refractivity contribution is -0.119. The van der Waals surface area contributed by atoms with Gasteiger partial charge in [0.05, 0.1) is 11.7 Å². The SMILES string of the molecule is C=C(NCc1ccccc1C(=O)NC(C)c1cccc2ccccc12)C(=O)NC/C=C/C(=O)NC(C)(C)CC. The van der Waals surface area contributed by atoms with Gasteiger partial charge in [0.2, 0.25) is 5.91 Å². The summed E-state index contributed by atoms with van der Waals surface area (Å²) in [5.41, 5.74) is 2.18. The molecule has 0 aliphatic rings. The van der Waals surface area contributed by atoms with E-state index in [1.165, 1.54) is 6.08 Å². The largest absolute Gasteiger partial charge is 0.377 e. The smallest absolute Gasteiger partial charge is 0.266 e. The second-order valence-corrected chi connectivity index (χ2v) is 10.1. The van der Waals surface area contributed by atoms with Crippen molar-refractivity contribution in [1.29, 1.82) is 0 Å². The lowest BCUT2D eigenvalue weighted by Gasteiger charge is -2.23. The summed E-state index contributed by atoms with van der Waals surface area (Å²) in [7, 11) is 0. The molecule has 3 rings (SSSR count). The number of amides is 3. The van der Waals surface area contributed by atoms with E-state index in [4.69, 9.17) is 0 Å². The van der Waals surface area contributed by atoms with E-state index in [0.717, 1.165) is 28.3 Å². The van der Waals surface area contributed by atoms with Crippen LogP contribution in [0, 0.1) is 0 Å². The van der Waals surface area contributed by atoms with Crippen LogP contribution in [0.2, 0.25) is 0 Å². The van der Waals surface area contributed by atoms with Crippen molar-refractivity contribution in [2.75, 3.05) is 6.54 Å². The molecule has 39 heavy (non-hydrogen) atoms. The molecule has 0 bridgehead atoms. The number of carbonyl (C=O) groups is 3. The summed E-state index contributed by atoms with van der Waals surface area (Å²) in [4.78, 5) is 37.6. The molecule has 0 aliphatic heterocycles. The zero-order valence-electron chi connectivity index (χ0n) is 23.1. The van der Waals surface area contributed by atoms with Gasteiger partial charge in [0.15, 0.2) is 0 Å². The number of hydrogen-bond donors (Lipinski definition) is 4. The Hall–Kier alpha value is -4.39. The molecule has 1 atom stereocenters. The Morgan fingerprint density at radius 1 is 0.949 bits per heavy atom. The molecule has 0 heterocycles. The van der Waals surface area contributed by atoms with Crippen molar-refractivity contribution in [3.8, 4) is 0 Å². The molecule has 3 amide bonds. The van der Waals surface area contributed by atoms with E-state index in [0.29, 0.717) is 5.56 Å². The third-order valence-corrected chi connectivity index (χ3v) is 6.66. The molecule has 0 saturated heterocycles. The number of hydrogen-bond acceptors (Lipinski definition) is 4. The first-order chi connectivity index (χ1) is 18.6. The molecule has 0 aliphatic carbocycles. The van der Waals surface area contributed by atoms with E-state index in [9.17, 15) is 14.4 Å². The molecular weight excluding hydrogens is 488 g/mol. The fourth-order valence-corrected chi connectivity index (χ4v) is 4.05. The molecule has 204 valence electrons. The molecule has 3 aromatic rings. The van der Waals surface area contributed by atoms with Gasteiger partial charge in [-0.15, -0.1) is 0 Å². The second kappa shape index (κ2) is 13.4. The quantitative estimate of drug-likeness (QED) is 0.252. The summed E-state index contributed by atoms with van der Waals surface area (Å²) in [6.07, 6.45) is 3.80. The lowest BCUT2D eigenvalue weighted by atomic mass is 9.99. The van der Waals surface area contributed by atoms with Gasteiger partial charge >= 0.3 is 0 Å². The van der Waals surface area contributed by atoms with Crippen molar-refractivity contribution in [3.63, 3.8) is 0 Å². The van der Waals surface area contributed by atoms with E-state index in [1.54, 1.807) is 12.1 Å². The predicted octanol–water partition coefficient (Wildman–Crippen LogP) is 4.91. The van der Waals surface area contributed by atoms with E-state index < -0.39 is 0 Å². The molecule has 0 aromatic heterocycles. The molecular formula is C32H38N4O3. The molecule has 7 nitrogen and oxygen atoms in total. The van der Waals surface area contributed by atoms with Crippen LogP contribution in [-0.2, 0) is 16.1 Å². The van der Waals surface area contributed by atoms with Gasteiger partial charge in [-0.05, 0) is 55.2 Å². The molecule has 0 saturated carbocycles. The van der Waals surface area contributed by atoms with Gasteiger partial charge in [0.25, 0.3) is 11.8 Å². The number of fused-ring (bicyclic) bond motifs is 1. The van der Waals surface area contributed by atoms with Gasteiger partial charge in [0.1, 0.15) is 0 Å². The maximum Gasteiger partial charge on any atom is 0.266 e. The van der Waals surface area contributed by atoms with Gasteiger partial charge in [-0.2, -0.15) is 0 Å². The van der Waals surface area contributed by atoms with Gasteiger partial charge in [0, 0.05) is 30.3 Å². The Balaban J connectivity index is 1.55. The maximum absolute atomic E-state index is 13.2. The van der Waals surface area contributed by atoms with Crippen molar-refractivity contribution < 1.29 is 14.4 Å². The number of rotatable bonds is 12. The van der Waals surface area contributed by atoms with Crippen LogP contribution in [0.4, 0.5) is 0 Å². The van der Waals surface area contributed by atoms with E-state index in [1.807, 2.05) is 70.2 Å². The summed E-state index contributed by atoms with van der Waals surface area (Å²) in [5.74, 6) is -0.796. The van der Waals surface area contributed by atoms with Crippen LogP contribution >= 0.6 is 0 Å². The van der Waals surface area contributed by atoms with E-state index in [-0.39, 0.29) is 48.1 Å². The Kier molecular flexibility index (Phi) is 10.0. The van der Waals surface area contributed by atoms with Gasteiger partial charge in [-0.3, -0.25) is 14.4 Å². The normalized spacial score (nSPS) is 12.1. The molecule has 0 fully saturated rings. The number of nitrogens with one attached hydrogen (secondary N) is 4. The fraction of sp³-hybridized carbons (Fsp3) is 0.281. The van der Waals surface area contributed by atoms with Gasteiger partial charge in [-0.25, -0.2) is 0 Å². The molecule has 3 aromatic carbocycles. The molecule has 1 unspecified atom stereocenters. The zero-order valence-corrected chi connectivity index (χ0v) is 23.1. The maximum atomic E-state index is 13.2. The van der Waals surface area contributed by atoms with Crippen LogP contribution in [0.5, 0.6) is 0 Å². The van der Waals surface area contributed by atoms with Gasteiger partial charge < -0.3 is 21.3 Å². The molecule has 4 N–H and O–H groups in total. The lowest BCUT2D eigenvalue weighted by Crippen LogP contribution is -2.42. The summed E-state index contributed by atoms with van der Waals surface area (Å²) in [6.45, 7) is 12.1. The minimum atomic E-state index is -0.388. The predicted molar refractivity (Wildman–Crippen MR) is 157 cm³/mol. The average molecular weight is 527 g/mol. The van der Waals surface area contributed by atoms with Crippen LogP contribution in [0.1, 0.15) is 61.6 Å². The minimum Gasteiger partial charge on any atom is -0.377 e. The summed E-state index contributed by atoms with van der Waals surface area (Å²) in [5, 5.41) is 13.9. The first kappa shape index (κ1) is 29.2. The number of carbonyl (C=O) groups excluding carboxylic acids is 3. The molecule has 0 spiro atoms. The Bertz CT molecular complexity index is 1370. The third kappa shape index (κ3) is 8.30. The third-order valence-electron chi connectivity index (χ3n) is 6.66. The topological polar surface area (TPSA) is 99.3 Å². The Morgan fingerprint density at radius 2 is 1.64 bits per heavy atom. The molecule has 0 radical (unpaired) electrons. The Morgan fingerprint density at radius 3 is 2.41 bits per heavy atom. The molecule has 7 heteroatoms. The standard InChI is InChI=1S/C32H38N4O3/c1-6-32(4,5)36-29(37)19-12-20-33-30(38)23(3)34-21-25-14-8-10-17-28(25)31(39)35-22(2)26-18-11-15-24-13-7-9-16-27(24)26/h7-19,22,34H,3,6,20-21H2,1-2,4-5H3,(H,33,38)(H,35,39)(H,36,37)/b19-12+. The van der Waals surface area contributed by atoms with E-state index in [2.05, 4.69) is 46.0 Å². The van der Waals surface area contributed by atoms with Crippen molar-refractivity contribution >= 4 is 28.5 Å². The van der Waals surface area contributed by atoms with Crippen LogP contribution in [0.15, 0.2) is 91.2 Å². The van der Waals surface area contributed by atoms with Crippen molar-refractivity contribution in [2.24, 2.45) is 0 Å². The van der Waals surface area contributed by atoms with Crippen LogP contribution in [0.3, 0.4) is 0 Å². The second-order valence-electron chi connectivity index (χ2n) is 10.1. The summed E-state index contributed by atoms with van der Waals surface area (Å²) in [6, 6.07) is 21.2. The minimum absolute atomic E-state index is 0.166. The zero-order chi connectivity index (χ0) is 28.4. The highest BCUT2D eigenvalue weighted by molar-refractivity contribution is 5.97. The highest BCUT2D eigenvalue weighted by Crippen LogP contribution is 2.24. The first-order valence-corrected chi connectivity index (χ1v) is 13.2.